The molecule has 0 radical (unpaired) electrons. The van der Waals surface area contributed by atoms with E-state index in [1.165, 1.54) is 0 Å². The van der Waals surface area contributed by atoms with Crippen LogP contribution in [0.2, 0.25) is 0 Å². The van der Waals surface area contributed by atoms with E-state index in [9.17, 15) is 9.90 Å². The number of rotatable bonds is 2. The van der Waals surface area contributed by atoms with E-state index >= 15 is 0 Å². The summed E-state index contributed by atoms with van der Waals surface area (Å²) in [5.41, 5.74) is 0.213. The van der Waals surface area contributed by atoms with Gasteiger partial charge < -0.3 is 14.9 Å². The van der Waals surface area contributed by atoms with Gasteiger partial charge in [0.1, 0.15) is 0 Å². The molecule has 1 aliphatic heterocycles. The van der Waals surface area contributed by atoms with Crippen LogP contribution in [0.15, 0.2) is 30.3 Å². The molecule has 110 valence electrons. The number of aliphatic hydroxyl groups is 1. The molecule has 2 unspecified atom stereocenters. The van der Waals surface area contributed by atoms with Crippen LogP contribution >= 0.6 is 0 Å². The van der Waals surface area contributed by atoms with Gasteiger partial charge in [-0.15, -0.1) is 0 Å². The lowest BCUT2D eigenvalue weighted by molar-refractivity contribution is -0.141. The zero-order chi connectivity index (χ0) is 14.9. The monoisotopic (exact) mass is 276 g/mol. The zero-order valence-electron chi connectivity index (χ0n) is 12.7. The van der Waals surface area contributed by atoms with Crippen molar-refractivity contribution in [3.05, 3.63) is 30.3 Å². The Morgan fingerprint density at radius 1 is 1.25 bits per heavy atom. The summed E-state index contributed by atoms with van der Waals surface area (Å²) in [6, 6.07) is 10.0. The van der Waals surface area contributed by atoms with Crippen molar-refractivity contribution in [2.75, 3.05) is 18.0 Å². The van der Waals surface area contributed by atoms with Crippen molar-refractivity contribution in [1.82, 2.24) is 4.90 Å². The summed E-state index contributed by atoms with van der Waals surface area (Å²) in [4.78, 5) is 16.0. The minimum absolute atomic E-state index is 0.0253. The summed E-state index contributed by atoms with van der Waals surface area (Å²) in [6.45, 7) is 8.60. The summed E-state index contributed by atoms with van der Waals surface area (Å²) in [7, 11) is 0. The Morgan fingerprint density at radius 3 is 2.35 bits per heavy atom. The van der Waals surface area contributed by atoms with Crippen LogP contribution in [-0.4, -0.2) is 46.7 Å². The van der Waals surface area contributed by atoms with Crippen molar-refractivity contribution >= 4 is 11.6 Å². The molecule has 1 aromatic rings. The highest BCUT2D eigenvalue weighted by Gasteiger charge is 2.41. The Hall–Kier alpha value is -1.55. The lowest BCUT2D eigenvalue weighted by Gasteiger charge is -2.50. The van der Waals surface area contributed by atoms with Gasteiger partial charge in [-0.05, 0) is 32.9 Å². The Labute approximate surface area is 121 Å². The van der Waals surface area contributed by atoms with Gasteiger partial charge in [-0.2, -0.15) is 0 Å². The molecule has 2 rings (SSSR count). The maximum Gasteiger partial charge on any atom is 0.220 e. The topological polar surface area (TPSA) is 43.8 Å². The van der Waals surface area contributed by atoms with Gasteiger partial charge in [0.05, 0.1) is 11.6 Å². The van der Waals surface area contributed by atoms with Crippen molar-refractivity contribution in [3.8, 4) is 0 Å². The molecule has 4 nitrogen and oxygen atoms in total. The molecule has 0 saturated carbocycles. The van der Waals surface area contributed by atoms with Crippen molar-refractivity contribution in [1.29, 1.82) is 0 Å². The zero-order valence-corrected chi connectivity index (χ0v) is 12.7. The van der Waals surface area contributed by atoms with E-state index in [2.05, 4.69) is 17.0 Å². The van der Waals surface area contributed by atoms with Gasteiger partial charge in [0, 0.05) is 31.7 Å². The summed E-state index contributed by atoms with van der Waals surface area (Å²) in [5, 5.41) is 10.4. The summed E-state index contributed by atoms with van der Waals surface area (Å²) in [6.07, 6.45) is 0. The largest absolute Gasteiger partial charge is 0.388 e. The smallest absolute Gasteiger partial charge is 0.220 e. The highest BCUT2D eigenvalue weighted by atomic mass is 16.3. The maximum atomic E-state index is 11.9. The van der Waals surface area contributed by atoms with E-state index in [0.29, 0.717) is 6.54 Å². The number of carbonyl (C=O) groups excluding carboxylic acids is 1. The average Bonchev–Trinajstić information content (AvgIpc) is 2.37. The highest BCUT2D eigenvalue weighted by Crippen LogP contribution is 2.27. The minimum atomic E-state index is -0.923. The van der Waals surface area contributed by atoms with E-state index in [4.69, 9.17) is 0 Å². The normalized spacial score (nSPS) is 23.9. The fourth-order valence-electron chi connectivity index (χ4n) is 3.03. The van der Waals surface area contributed by atoms with Gasteiger partial charge in [-0.25, -0.2) is 0 Å². The number of hydrogen-bond acceptors (Lipinski definition) is 3. The number of piperazine rings is 1. The number of anilines is 1. The van der Waals surface area contributed by atoms with E-state index < -0.39 is 5.60 Å². The third-order valence-electron chi connectivity index (χ3n) is 3.99. The molecule has 4 heteroatoms. The molecular formula is C16H24N2O2. The second kappa shape index (κ2) is 5.44. The van der Waals surface area contributed by atoms with E-state index in [-0.39, 0.29) is 18.0 Å². The lowest BCUT2D eigenvalue weighted by atomic mass is 9.92. The Balaban J connectivity index is 2.29. The minimum Gasteiger partial charge on any atom is -0.388 e. The van der Waals surface area contributed by atoms with E-state index in [1.54, 1.807) is 20.8 Å². The van der Waals surface area contributed by atoms with Gasteiger partial charge >= 0.3 is 0 Å². The van der Waals surface area contributed by atoms with Crippen LogP contribution in [0.25, 0.3) is 0 Å². The van der Waals surface area contributed by atoms with Crippen molar-refractivity contribution < 1.29 is 9.90 Å². The third-order valence-corrected chi connectivity index (χ3v) is 3.99. The molecule has 0 bridgehead atoms. The fraction of sp³-hybridized carbons (Fsp3) is 0.562. The second-order valence-electron chi connectivity index (χ2n) is 6.19. The van der Waals surface area contributed by atoms with Crippen LogP contribution in [0, 0.1) is 0 Å². The number of carbonyl (C=O) groups is 1. The molecule has 1 aliphatic rings. The lowest BCUT2D eigenvalue weighted by Crippen LogP contribution is -2.65. The number of amides is 1. The van der Waals surface area contributed by atoms with Crippen LogP contribution in [-0.2, 0) is 4.79 Å². The Kier molecular flexibility index (Phi) is 4.04. The molecule has 1 heterocycles. The fourth-order valence-corrected chi connectivity index (χ4v) is 3.03. The molecule has 2 atom stereocenters. The Morgan fingerprint density at radius 2 is 1.85 bits per heavy atom. The standard InChI is InChI=1S/C16H24N2O2/c1-12-10-17(14-8-6-5-7-9-14)11-15(16(3,4)20)18(12)13(2)19/h5-9,12,15,20H,10-11H2,1-4H3. The van der Waals surface area contributed by atoms with Gasteiger partial charge in [0.2, 0.25) is 5.91 Å². The molecular weight excluding hydrogens is 252 g/mol. The van der Waals surface area contributed by atoms with E-state index in [1.807, 2.05) is 30.0 Å². The van der Waals surface area contributed by atoms with Gasteiger partial charge in [0.25, 0.3) is 0 Å². The number of benzene rings is 1. The van der Waals surface area contributed by atoms with Crippen molar-refractivity contribution in [2.24, 2.45) is 0 Å². The summed E-state index contributed by atoms with van der Waals surface area (Å²) in [5.74, 6) is 0.0253. The molecule has 1 saturated heterocycles. The first-order valence-electron chi connectivity index (χ1n) is 7.12. The molecule has 1 aromatic carbocycles. The predicted molar refractivity (Wildman–Crippen MR) is 80.7 cm³/mol. The SMILES string of the molecule is CC(=O)N1C(C)CN(c2ccccc2)CC1C(C)(C)O. The first-order chi connectivity index (χ1) is 9.30. The molecule has 0 spiro atoms. The van der Waals surface area contributed by atoms with Gasteiger partial charge in [0.15, 0.2) is 0 Å². The number of para-hydroxylation sites is 1. The molecule has 20 heavy (non-hydrogen) atoms. The van der Waals surface area contributed by atoms with E-state index in [0.717, 1.165) is 12.2 Å². The number of nitrogens with zero attached hydrogens (tertiary/aromatic N) is 2. The Bertz CT molecular complexity index is 467. The van der Waals surface area contributed by atoms with Crippen LogP contribution in [0.3, 0.4) is 0 Å². The van der Waals surface area contributed by atoms with Crippen LogP contribution < -0.4 is 4.90 Å². The maximum absolute atomic E-state index is 11.9. The number of hydrogen-bond donors (Lipinski definition) is 1. The molecule has 0 aromatic heterocycles. The first kappa shape index (κ1) is 14.9. The van der Waals surface area contributed by atoms with Crippen molar-refractivity contribution in [3.63, 3.8) is 0 Å². The third kappa shape index (κ3) is 2.96. The van der Waals surface area contributed by atoms with Crippen LogP contribution in [0.4, 0.5) is 5.69 Å². The van der Waals surface area contributed by atoms with Crippen LogP contribution in [0.5, 0.6) is 0 Å². The van der Waals surface area contributed by atoms with Crippen molar-refractivity contribution in [2.45, 2.75) is 45.4 Å². The second-order valence-corrected chi connectivity index (χ2v) is 6.19. The van der Waals surface area contributed by atoms with Crippen LogP contribution in [0.1, 0.15) is 27.7 Å². The summed E-state index contributed by atoms with van der Waals surface area (Å²) < 4.78 is 0. The quantitative estimate of drug-likeness (QED) is 0.897. The molecule has 1 fully saturated rings. The first-order valence-corrected chi connectivity index (χ1v) is 7.12. The van der Waals surface area contributed by atoms with Gasteiger partial charge in [-0.3, -0.25) is 4.79 Å². The molecule has 0 aliphatic carbocycles. The molecule has 1 amide bonds. The predicted octanol–water partition coefficient (Wildman–Crippen LogP) is 1.88. The highest BCUT2D eigenvalue weighted by molar-refractivity contribution is 5.74. The molecule has 1 N–H and O–H groups in total. The summed E-state index contributed by atoms with van der Waals surface area (Å²) >= 11 is 0. The van der Waals surface area contributed by atoms with Gasteiger partial charge in [-0.1, -0.05) is 18.2 Å². The average molecular weight is 276 g/mol.